The number of benzene rings is 1. The number of rotatable bonds is 5. The van der Waals surface area contributed by atoms with Crippen LogP contribution in [0, 0.1) is 11.6 Å². The zero-order valence-electron chi connectivity index (χ0n) is 16.1. The summed E-state index contributed by atoms with van der Waals surface area (Å²) >= 11 is 0. The van der Waals surface area contributed by atoms with E-state index < -0.39 is 23.2 Å². The van der Waals surface area contributed by atoms with Crippen LogP contribution in [-0.2, 0) is 0 Å². The molecule has 1 amide bonds. The van der Waals surface area contributed by atoms with Crippen LogP contribution in [0.1, 0.15) is 47.6 Å². The highest BCUT2D eigenvalue weighted by Gasteiger charge is 2.44. The van der Waals surface area contributed by atoms with E-state index in [9.17, 15) is 18.7 Å². The van der Waals surface area contributed by atoms with Crippen molar-refractivity contribution < 1.29 is 18.7 Å². The molecule has 1 aromatic carbocycles. The third-order valence-corrected chi connectivity index (χ3v) is 5.86. The second-order valence-electron chi connectivity index (χ2n) is 7.89. The monoisotopic (exact) mass is 414 g/mol. The molecule has 0 radical (unpaired) electrons. The Bertz CT molecular complexity index is 1130. The average molecular weight is 414 g/mol. The van der Waals surface area contributed by atoms with E-state index in [2.05, 4.69) is 20.4 Å². The van der Waals surface area contributed by atoms with Crippen molar-refractivity contribution in [3.8, 4) is 0 Å². The standard InChI is InChI=1S/C20H20F2N6O2/c21-12-3-4-15(22)13(8-12)16-2-1-7-27(16)19-23-11-28-17(25-19)14(9-24-28)18(30)26-20(10-29)5-6-20/h3-4,8-9,11,16,29H,1-2,5-7,10H2,(H,26,30)/t16-/m1/s1. The minimum Gasteiger partial charge on any atom is -0.394 e. The summed E-state index contributed by atoms with van der Waals surface area (Å²) in [6.07, 6.45) is 5.73. The van der Waals surface area contributed by atoms with Gasteiger partial charge in [-0.25, -0.2) is 18.3 Å². The number of carbonyl (C=O) groups excluding carboxylic acids is 1. The molecule has 1 saturated carbocycles. The van der Waals surface area contributed by atoms with E-state index in [-0.39, 0.29) is 23.6 Å². The summed E-state index contributed by atoms with van der Waals surface area (Å²) in [5, 5.41) is 16.4. The number of halogens is 2. The van der Waals surface area contributed by atoms with Gasteiger partial charge in [-0.3, -0.25) is 4.79 Å². The highest BCUT2D eigenvalue weighted by atomic mass is 19.1. The van der Waals surface area contributed by atoms with Gasteiger partial charge in [-0.15, -0.1) is 0 Å². The molecular weight excluding hydrogens is 394 g/mol. The van der Waals surface area contributed by atoms with Crippen molar-refractivity contribution in [2.75, 3.05) is 18.1 Å². The van der Waals surface area contributed by atoms with E-state index in [0.29, 0.717) is 24.6 Å². The number of aromatic nitrogens is 4. The van der Waals surface area contributed by atoms with Crippen LogP contribution >= 0.6 is 0 Å². The predicted molar refractivity (Wildman–Crippen MR) is 103 cm³/mol. The predicted octanol–water partition coefficient (Wildman–Crippen LogP) is 2.00. The highest BCUT2D eigenvalue weighted by Crippen LogP contribution is 2.37. The van der Waals surface area contributed by atoms with Gasteiger partial charge in [0.2, 0.25) is 5.95 Å². The lowest BCUT2D eigenvalue weighted by molar-refractivity contribution is 0.0908. The van der Waals surface area contributed by atoms with Crippen LogP contribution in [0.3, 0.4) is 0 Å². The summed E-state index contributed by atoms with van der Waals surface area (Å²) in [7, 11) is 0. The van der Waals surface area contributed by atoms with E-state index in [1.54, 1.807) is 0 Å². The number of fused-ring (bicyclic) bond motifs is 1. The SMILES string of the molecule is O=C(NC1(CO)CC1)c1cnn2cnc(N3CCC[C@@H]3c3cc(F)ccc3F)nc12. The number of aliphatic hydroxyl groups is 1. The second kappa shape index (κ2) is 6.98. The number of nitrogens with one attached hydrogen (secondary N) is 1. The molecule has 1 atom stereocenters. The molecule has 2 N–H and O–H groups in total. The van der Waals surface area contributed by atoms with Gasteiger partial charge in [0.1, 0.15) is 23.5 Å². The molecule has 3 heterocycles. The molecular formula is C20H20F2N6O2. The number of hydrogen-bond acceptors (Lipinski definition) is 6. The fourth-order valence-electron chi connectivity index (χ4n) is 3.96. The topological polar surface area (TPSA) is 95.6 Å². The molecule has 30 heavy (non-hydrogen) atoms. The average Bonchev–Trinajstić information content (AvgIpc) is 3.15. The first-order chi connectivity index (χ1) is 14.5. The van der Waals surface area contributed by atoms with Crippen molar-refractivity contribution in [1.82, 2.24) is 24.9 Å². The van der Waals surface area contributed by atoms with E-state index in [1.165, 1.54) is 23.1 Å². The van der Waals surface area contributed by atoms with Crippen molar-refractivity contribution in [2.45, 2.75) is 37.3 Å². The van der Waals surface area contributed by atoms with Gasteiger partial charge >= 0.3 is 0 Å². The van der Waals surface area contributed by atoms with Crippen molar-refractivity contribution in [1.29, 1.82) is 0 Å². The van der Waals surface area contributed by atoms with Crippen molar-refractivity contribution in [3.63, 3.8) is 0 Å². The third kappa shape index (κ3) is 3.17. The van der Waals surface area contributed by atoms with Gasteiger partial charge in [0.25, 0.3) is 5.91 Å². The molecule has 10 heteroatoms. The molecule has 3 aromatic rings. The van der Waals surface area contributed by atoms with Crippen LogP contribution in [0.5, 0.6) is 0 Å². The summed E-state index contributed by atoms with van der Waals surface area (Å²) in [6.45, 7) is 0.465. The molecule has 0 unspecified atom stereocenters. The van der Waals surface area contributed by atoms with Crippen LogP contribution in [0.4, 0.5) is 14.7 Å². The van der Waals surface area contributed by atoms with Crippen molar-refractivity contribution >= 4 is 17.5 Å². The van der Waals surface area contributed by atoms with E-state index in [4.69, 9.17) is 0 Å². The van der Waals surface area contributed by atoms with Crippen LogP contribution in [0.2, 0.25) is 0 Å². The molecule has 8 nitrogen and oxygen atoms in total. The van der Waals surface area contributed by atoms with Gasteiger partial charge in [0.05, 0.1) is 24.4 Å². The Morgan fingerprint density at radius 3 is 2.93 bits per heavy atom. The van der Waals surface area contributed by atoms with Gasteiger partial charge in [-0.05, 0) is 43.9 Å². The summed E-state index contributed by atoms with van der Waals surface area (Å²) in [6, 6.07) is 3.03. The summed E-state index contributed by atoms with van der Waals surface area (Å²) in [5.74, 6) is -1.01. The van der Waals surface area contributed by atoms with Crippen LogP contribution in [0.25, 0.3) is 5.65 Å². The first kappa shape index (κ1) is 18.9. The zero-order valence-corrected chi connectivity index (χ0v) is 16.1. The van der Waals surface area contributed by atoms with Crippen molar-refractivity contribution in [2.24, 2.45) is 0 Å². The van der Waals surface area contributed by atoms with E-state index in [0.717, 1.165) is 31.4 Å². The van der Waals surface area contributed by atoms with Gasteiger partial charge in [-0.2, -0.15) is 10.1 Å². The number of hydrogen-bond donors (Lipinski definition) is 2. The van der Waals surface area contributed by atoms with E-state index in [1.807, 2.05) is 4.90 Å². The molecule has 5 rings (SSSR count). The number of amides is 1. The molecule has 1 saturated heterocycles. The van der Waals surface area contributed by atoms with Gasteiger partial charge < -0.3 is 15.3 Å². The Kier molecular flexibility index (Phi) is 4.39. The number of aliphatic hydroxyl groups excluding tert-OH is 1. The Morgan fingerprint density at radius 2 is 2.17 bits per heavy atom. The normalized spacial score (nSPS) is 20.0. The summed E-state index contributed by atoms with van der Waals surface area (Å²) in [5.41, 5.74) is 0.291. The maximum Gasteiger partial charge on any atom is 0.257 e. The number of anilines is 1. The van der Waals surface area contributed by atoms with E-state index >= 15 is 0 Å². The van der Waals surface area contributed by atoms with Crippen LogP contribution in [-0.4, -0.2) is 49.3 Å². The zero-order chi connectivity index (χ0) is 20.9. The fourth-order valence-corrected chi connectivity index (χ4v) is 3.96. The van der Waals surface area contributed by atoms with Crippen molar-refractivity contribution in [3.05, 3.63) is 53.5 Å². The number of carbonyl (C=O) groups is 1. The molecule has 156 valence electrons. The minimum absolute atomic E-state index is 0.118. The molecule has 1 aliphatic carbocycles. The molecule has 2 aliphatic rings. The Hall–Kier alpha value is -3.14. The maximum atomic E-state index is 14.4. The van der Waals surface area contributed by atoms with Crippen LogP contribution < -0.4 is 10.2 Å². The lowest BCUT2D eigenvalue weighted by Gasteiger charge is -2.25. The van der Waals surface area contributed by atoms with Gasteiger partial charge in [-0.1, -0.05) is 0 Å². The molecule has 1 aliphatic heterocycles. The third-order valence-electron chi connectivity index (χ3n) is 5.86. The lowest BCUT2D eigenvalue weighted by Crippen LogP contribution is -2.39. The summed E-state index contributed by atoms with van der Waals surface area (Å²) < 4.78 is 29.5. The Labute approximate surface area is 170 Å². The van der Waals surface area contributed by atoms with Gasteiger partial charge in [0.15, 0.2) is 5.65 Å². The number of nitrogens with zero attached hydrogens (tertiary/aromatic N) is 5. The molecule has 0 spiro atoms. The Balaban J connectivity index is 1.48. The lowest BCUT2D eigenvalue weighted by atomic mass is 10.0. The van der Waals surface area contributed by atoms with Gasteiger partial charge in [0, 0.05) is 12.1 Å². The summed E-state index contributed by atoms with van der Waals surface area (Å²) in [4.78, 5) is 23.4. The maximum absolute atomic E-state index is 14.4. The Morgan fingerprint density at radius 1 is 1.33 bits per heavy atom. The largest absolute Gasteiger partial charge is 0.394 e. The first-order valence-corrected chi connectivity index (χ1v) is 9.85. The molecule has 0 bridgehead atoms. The molecule has 2 fully saturated rings. The van der Waals surface area contributed by atoms with Crippen LogP contribution in [0.15, 0.2) is 30.7 Å². The fraction of sp³-hybridized carbons (Fsp3) is 0.400. The first-order valence-electron chi connectivity index (χ1n) is 9.85. The quantitative estimate of drug-likeness (QED) is 0.663. The highest BCUT2D eigenvalue weighted by molar-refractivity contribution is 6.00. The minimum atomic E-state index is -0.559. The molecule has 2 aromatic heterocycles. The second-order valence-corrected chi connectivity index (χ2v) is 7.89. The smallest absolute Gasteiger partial charge is 0.257 e.